The minimum atomic E-state index is -2.52. The molecule has 0 spiro atoms. The zero-order valence-corrected chi connectivity index (χ0v) is 23.0. The van der Waals surface area contributed by atoms with Crippen molar-refractivity contribution in [2.45, 2.75) is 46.0 Å². The molecule has 0 N–H and O–H groups in total. The molecule has 5 aromatic rings. The molecule has 0 saturated heterocycles. The highest BCUT2D eigenvalue weighted by Crippen LogP contribution is 2.55. The molecule has 13 heteroatoms. The summed E-state index contributed by atoms with van der Waals surface area (Å²) in [6, 6.07) is 3.74. The number of aromatic nitrogens is 8. The van der Waals surface area contributed by atoms with Gasteiger partial charge in [0.15, 0.2) is 11.6 Å². The zero-order valence-electron chi connectivity index (χ0n) is 25.2. The van der Waals surface area contributed by atoms with Crippen LogP contribution in [0.3, 0.4) is 0 Å². The summed E-state index contributed by atoms with van der Waals surface area (Å²) in [6.45, 7) is 3.69. The van der Waals surface area contributed by atoms with Gasteiger partial charge in [-0.1, -0.05) is 11.6 Å². The van der Waals surface area contributed by atoms with Gasteiger partial charge in [0.2, 0.25) is 0 Å². The standard InChI is InChI=1S/C28H24ClF3N8O/c1-12-10-33-25(16-6-7-20(30)27(23(16)31)40-14(3)35-36-15(40)4)24(32)26(12)39-13(2)8-19(22(29)28(39)41)17-9-18(17)21-11-34-38(5)37-21/h6-8,10-11,17-18H,9H2,1-5H3/t17-,18-/m0/s1/i5D3. The molecule has 4 heterocycles. The fourth-order valence-electron chi connectivity index (χ4n) is 5.34. The van der Waals surface area contributed by atoms with E-state index in [1.807, 2.05) is 0 Å². The van der Waals surface area contributed by atoms with Gasteiger partial charge in [-0.25, -0.2) is 13.2 Å². The Morgan fingerprint density at radius 1 is 0.976 bits per heavy atom. The van der Waals surface area contributed by atoms with E-state index in [2.05, 4.69) is 25.4 Å². The molecular formula is C28H24ClF3N8O. The van der Waals surface area contributed by atoms with E-state index in [4.69, 9.17) is 15.7 Å². The van der Waals surface area contributed by atoms with Gasteiger partial charge in [0, 0.05) is 34.5 Å². The van der Waals surface area contributed by atoms with E-state index < -0.39 is 41.4 Å². The van der Waals surface area contributed by atoms with E-state index in [1.165, 1.54) is 30.8 Å². The molecule has 1 saturated carbocycles. The molecule has 1 aliphatic rings. The van der Waals surface area contributed by atoms with Crippen molar-refractivity contribution in [1.82, 2.24) is 39.3 Å². The van der Waals surface area contributed by atoms with E-state index >= 15 is 8.78 Å². The molecule has 2 atom stereocenters. The summed E-state index contributed by atoms with van der Waals surface area (Å²) < 4.78 is 71.9. The van der Waals surface area contributed by atoms with E-state index in [-0.39, 0.29) is 45.3 Å². The number of halogens is 4. The second-order valence-electron chi connectivity index (χ2n) is 10.0. The Morgan fingerprint density at radius 3 is 2.39 bits per heavy atom. The highest BCUT2D eigenvalue weighted by molar-refractivity contribution is 6.31. The lowest BCUT2D eigenvalue weighted by molar-refractivity contribution is 0.563. The second-order valence-corrected chi connectivity index (χ2v) is 10.4. The van der Waals surface area contributed by atoms with Gasteiger partial charge in [0.05, 0.1) is 17.6 Å². The van der Waals surface area contributed by atoms with Gasteiger partial charge in [-0.2, -0.15) is 15.0 Å². The van der Waals surface area contributed by atoms with Crippen molar-refractivity contribution in [1.29, 1.82) is 0 Å². The van der Waals surface area contributed by atoms with Crippen LogP contribution >= 0.6 is 11.6 Å². The first-order valence-electron chi connectivity index (χ1n) is 14.1. The van der Waals surface area contributed by atoms with Crippen molar-refractivity contribution >= 4 is 11.6 Å². The highest BCUT2D eigenvalue weighted by atomic mass is 35.5. The van der Waals surface area contributed by atoms with Crippen molar-refractivity contribution in [3.8, 4) is 22.6 Å². The minimum Gasteiger partial charge on any atom is -0.278 e. The first kappa shape index (κ1) is 23.4. The van der Waals surface area contributed by atoms with Gasteiger partial charge < -0.3 is 0 Å². The van der Waals surface area contributed by atoms with Crippen LogP contribution < -0.4 is 5.56 Å². The summed E-state index contributed by atoms with van der Waals surface area (Å²) in [5.74, 6) is -2.94. The fourth-order valence-corrected chi connectivity index (χ4v) is 5.62. The summed E-state index contributed by atoms with van der Waals surface area (Å²) in [5, 5.41) is 15.4. The molecule has 1 aromatic carbocycles. The van der Waals surface area contributed by atoms with Gasteiger partial charge in [0.1, 0.15) is 33.9 Å². The number of benzene rings is 1. The monoisotopic (exact) mass is 583 g/mol. The summed E-state index contributed by atoms with van der Waals surface area (Å²) in [6.07, 6.45) is 3.24. The van der Waals surface area contributed by atoms with Crippen molar-refractivity contribution in [3.05, 3.63) is 97.6 Å². The van der Waals surface area contributed by atoms with Gasteiger partial charge >= 0.3 is 0 Å². The number of rotatable bonds is 5. The molecule has 6 rings (SSSR count). The topological polar surface area (TPSA) is 96.3 Å². The second kappa shape index (κ2) is 9.65. The van der Waals surface area contributed by atoms with Crippen LogP contribution in [0.4, 0.5) is 13.2 Å². The predicted octanol–water partition coefficient (Wildman–Crippen LogP) is 5.18. The molecule has 0 unspecified atom stereocenters. The molecule has 4 aromatic heterocycles. The molecule has 210 valence electrons. The molecule has 41 heavy (non-hydrogen) atoms. The lowest BCUT2D eigenvalue weighted by Crippen LogP contribution is -2.24. The largest absolute Gasteiger partial charge is 0.278 e. The Kier molecular flexibility index (Phi) is 5.51. The smallest absolute Gasteiger partial charge is 0.274 e. The first-order valence-corrected chi connectivity index (χ1v) is 13.0. The third-order valence-corrected chi connectivity index (χ3v) is 7.75. The quantitative estimate of drug-likeness (QED) is 0.283. The van der Waals surface area contributed by atoms with E-state index in [0.29, 0.717) is 28.2 Å². The van der Waals surface area contributed by atoms with Gasteiger partial charge in [-0.15, -0.1) is 10.2 Å². The molecule has 1 fully saturated rings. The van der Waals surface area contributed by atoms with Crippen molar-refractivity contribution < 1.29 is 17.3 Å². The molecule has 0 bridgehead atoms. The van der Waals surface area contributed by atoms with E-state index in [0.717, 1.165) is 16.7 Å². The number of hydrogen-bond donors (Lipinski definition) is 0. The molecule has 1 aliphatic carbocycles. The van der Waals surface area contributed by atoms with Crippen molar-refractivity contribution in [3.63, 3.8) is 0 Å². The molecule has 0 aliphatic heterocycles. The average molecular weight is 584 g/mol. The number of pyridine rings is 2. The Bertz CT molecular complexity index is 2020. The summed E-state index contributed by atoms with van der Waals surface area (Å²) in [5.41, 5.74) is -0.521. The van der Waals surface area contributed by atoms with E-state index in [1.54, 1.807) is 19.9 Å². The normalized spacial score (nSPS) is 17.8. The van der Waals surface area contributed by atoms with Crippen molar-refractivity contribution in [2.24, 2.45) is 6.98 Å². The molecule has 0 amide bonds. The summed E-state index contributed by atoms with van der Waals surface area (Å²) in [7, 11) is 0. The Morgan fingerprint density at radius 2 is 1.71 bits per heavy atom. The maximum atomic E-state index is 16.3. The third kappa shape index (κ3) is 4.24. The first-order chi connectivity index (χ1) is 20.7. The van der Waals surface area contributed by atoms with Crippen LogP contribution in [0.2, 0.25) is 5.02 Å². The van der Waals surface area contributed by atoms with Crippen LogP contribution in [0.1, 0.15) is 56.5 Å². The molecule has 9 nitrogen and oxygen atoms in total. The average Bonchev–Trinajstić information content (AvgIpc) is 3.44. The SMILES string of the molecule is [2H]C([2H])([2H])n1ncc([C@H]2C[C@@H]2c2cc(C)n(-c3c(C)cnc(-c4ccc(F)c(-n5c(C)nnc5C)c4F)c3F)c(=O)c2Cl)n1. The lowest BCUT2D eigenvalue weighted by atomic mass is 10.0. The maximum Gasteiger partial charge on any atom is 0.274 e. The van der Waals surface area contributed by atoms with Crippen LogP contribution in [-0.2, 0) is 6.98 Å². The van der Waals surface area contributed by atoms with E-state index in [9.17, 15) is 9.18 Å². The summed E-state index contributed by atoms with van der Waals surface area (Å²) >= 11 is 6.58. The Balaban J connectivity index is 1.43. The van der Waals surface area contributed by atoms with Gasteiger partial charge in [-0.05, 0) is 69.4 Å². The third-order valence-electron chi connectivity index (χ3n) is 7.37. The highest BCUT2D eigenvalue weighted by Gasteiger charge is 2.43. The maximum absolute atomic E-state index is 16.3. The zero-order chi connectivity index (χ0) is 31.8. The van der Waals surface area contributed by atoms with Crippen LogP contribution in [0.5, 0.6) is 0 Å². The lowest BCUT2D eigenvalue weighted by Gasteiger charge is -2.18. The number of hydrogen-bond acceptors (Lipinski definition) is 6. The molecular weight excluding hydrogens is 557 g/mol. The van der Waals surface area contributed by atoms with Crippen LogP contribution in [-0.4, -0.2) is 39.3 Å². The Labute approximate surface area is 241 Å². The summed E-state index contributed by atoms with van der Waals surface area (Å²) in [4.78, 5) is 18.4. The predicted molar refractivity (Wildman–Crippen MR) is 145 cm³/mol. The van der Waals surface area contributed by atoms with Crippen LogP contribution in [0.15, 0.2) is 35.4 Å². The Hall–Kier alpha value is -4.32. The van der Waals surface area contributed by atoms with Crippen molar-refractivity contribution in [2.75, 3.05) is 0 Å². The number of aryl methyl sites for hydroxylation is 5. The van der Waals surface area contributed by atoms with Gasteiger partial charge in [0.25, 0.3) is 5.56 Å². The van der Waals surface area contributed by atoms with Gasteiger partial charge in [-0.3, -0.25) is 18.9 Å². The fraction of sp³-hybridized carbons (Fsp3) is 0.286. The molecule has 0 radical (unpaired) electrons. The minimum absolute atomic E-state index is 0.141. The number of nitrogens with zero attached hydrogens (tertiary/aromatic N) is 8. The van der Waals surface area contributed by atoms with Crippen LogP contribution in [0, 0.1) is 45.1 Å². The van der Waals surface area contributed by atoms with Crippen LogP contribution in [0.25, 0.3) is 22.6 Å².